The molecule has 1 N–H and O–H groups in total. The number of nitrogens with zero attached hydrogens (tertiary/aromatic N) is 1. The number of rotatable bonds is 4. The number of amides is 1. The third-order valence-electron chi connectivity index (χ3n) is 5.06. The van der Waals surface area contributed by atoms with Crippen LogP contribution in [-0.2, 0) is 0 Å². The molecular formula is C24H22N2O3. The van der Waals surface area contributed by atoms with Gasteiger partial charge in [-0.1, -0.05) is 18.2 Å². The van der Waals surface area contributed by atoms with E-state index in [4.69, 9.17) is 9.15 Å². The van der Waals surface area contributed by atoms with Crippen molar-refractivity contribution in [2.45, 2.75) is 20.8 Å². The standard InChI is InChI=1S/C24H22N2O3/c1-14-8-9-17(12-16(14)3)24-26-20-13-18(10-11-21(20)29-24)25-23(27)19-7-5-6-15(2)22(19)28-4/h5-13H,1-4H3,(H,25,27). The number of para-hydroxylation sites is 1. The summed E-state index contributed by atoms with van der Waals surface area (Å²) in [6.07, 6.45) is 0. The Kier molecular flexibility index (Phi) is 4.80. The minimum atomic E-state index is -0.234. The van der Waals surface area contributed by atoms with E-state index in [0.717, 1.165) is 11.1 Å². The summed E-state index contributed by atoms with van der Waals surface area (Å²) >= 11 is 0. The van der Waals surface area contributed by atoms with Crippen molar-refractivity contribution in [3.63, 3.8) is 0 Å². The van der Waals surface area contributed by atoms with Crippen molar-refractivity contribution in [3.8, 4) is 17.2 Å². The van der Waals surface area contributed by atoms with Gasteiger partial charge in [0.25, 0.3) is 5.91 Å². The van der Waals surface area contributed by atoms with Gasteiger partial charge in [0.1, 0.15) is 11.3 Å². The van der Waals surface area contributed by atoms with Crippen LogP contribution >= 0.6 is 0 Å². The molecule has 29 heavy (non-hydrogen) atoms. The van der Waals surface area contributed by atoms with Crippen LogP contribution in [0.1, 0.15) is 27.0 Å². The van der Waals surface area contributed by atoms with Gasteiger partial charge in [0.05, 0.1) is 12.7 Å². The summed E-state index contributed by atoms with van der Waals surface area (Å²) in [5.41, 5.74) is 6.74. The number of oxazole rings is 1. The van der Waals surface area contributed by atoms with E-state index in [-0.39, 0.29) is 5.91 Å². The number of benzene rings is 3. The fourth-order valence-electron chi connectivity index (χ4n) is 3.30. The average Bonchev–Trinajstić information content (AvgIpc) is 3.13. The van der Waals surface area contributed by atoms with Crippen LogP contribution in [-0.4, -0.2) is 18.0 Å². The molecule has 5 heteroatoms. The van der Waals surface area contributed by atoms with Crippen LogP contribution in [0.25, 0.3) is 22.6 Å². The molecule has 0 bridgehead atoms. The molecule has 5 nitrogen and oxygen atoms in total. The first-order valence-electron chi connectivity index (χ1n) is 9.39. The third-order valence-corrected chi connectivity index (χ3v) is 5.06. The maximum absolute atomic E-state index is 12.7. The van der Waals surface area contributed by atoms with Gasteiger partial charge in [0.15, 0.2) is 5.58 Å². The molecule has 146 valence electrons. The molecule has 1 aromatic heterocycles. The number of hydrogen-bond donors (Lipinski definition) is 1. The molecule has 0 aliphatic carbocycles. The van der Waals surface area contributed by atoms with E-state index < -0.39 is 0 Å². The highest BCUT2D eigenvalue weighted by Crippen LogP contribution is 2.28. The summed E-state index contributed by atoms with van der Waals surface area (Å²) in [4.78, 5) is 17.3. The topological polar surface area (TPSA) is 64.4 Å². The highest BCUT2D eigenvalue weighted by Gasteiger charge is 2.15. The fourth-order valence-corrected chi connectivity index (χ4v) is 3.30. The summed E-state index contributed by atoms with van der Waals surface area (Å²) in [7, 11) is 1.56. The molecule has 0 unspecified atom stereocenters. The van der Waals surface area contributed by atoms with Crippen molar-refractivity contribution >= 4 is 22.7 Å². The SMILES string of the molecule is COc1c(C)cccc1C(=O)Nc1ccc2oc(-c3ccc(C)c(C)c3)nc2c1. The number of hydrogen-bond acceptors (Lipinski definition) is 4. The normalized spacial score (nSPS) is 10.9. The number of aromatic nitrogens is 1. The van der Waals surface area contributed by atoms with Gasteiger partial charge in [-0.15, -0.1) is 0 Å². The zero-order chi connectivity index (χ0) is 20.5. The molecule has 4 rings (SSSR count). The van der Waals surface area contributed by atoms with E-state index in [9.17, 15) is 4.79 Å². The van der Waals surface area contributed by atoms with Crippen molar-refractivity contribution in [2.75, 3.05) is 12.4 Å². The van der Waals surface area contributed by atoms with Gasteiger partial charge in [-0.3, -0.25) is 4.79 Å². The van der Waals surface area contributed by atoms with Crippen molar-refractivity contribution in [3.05, 3.63) is 76.9 Å². The summed E-state index contributed by atoms with van der Waals surface area (Å²) in [6, 6.07) is 17.0. The molecule has 0 radical (unpaired) electrons. The van der Waals surface area contributed by atoms with E-state index in [1.807, 2.05) is 37.3 Å². The van der Waals surface area contributed by atoms with Crippen LogP contribution in [0, 0.1) is 20.8 Å². The Morgan fingerprint density at radius 1 is 0.966 bits per heavy atom. The van der Waals surface area contributed by atoms with Crippen LogP contribution in [0.4, 0.5) is 5.69 Å². The summed E-state index contributed by atoms with van der Waals surface area (Å²) < 4.78 is 11.3. The van der Waals surface area contributed by atoms with Gasteiger partial charge >= 0.3 is 0 Å². The van der Waals surface area contributed by atoms with Crippen molar-refractivity contribution in [1.82, 2.24) is 4.98 Å². The number of carbonyl (C=O) groups excluding carboxylic acids is 1. The largest absolute Gasteiger partial charge is 0.496 e. The maximum atomic E-state index is 12.7. The number of carbonyl (C=O) groups is 1. The minimum absolute atomic E-state index is 0.234. The van der Waals surface area contributed by atoms with Crippen LogP contribution in [0.5, 0.6) is 5.75 Å². The number of ether oxygens (including phenoxy) is 1. The van der Waals surface area contributed by atoms with Gasteiger partial charge in [0, 0.05) is 11.3 Å². The minimum Gasteiger partial charge on any atom is -0.496 e. The summed E-state index contributed by atoms with van der Waals surface area (Å²) in [5.74, 6) is 0.902. The quantitative estimate of drug-likeness (QED) is 0.490. The second-order valence-electron chi connectivity index (χ2n) is 7.11. The predicted octanol–water partition coefficient (Wildman–Crippen LogP) is 5.68. The average molecular weight is 386 g/mol. The van der Waals surface area contributed by atoms with E-state index >= 15 is 0 Å². The van der Waals surface area contributed by atoms with Crippen molar-refractivity contribution in [2.24, 2.45) is 0 Å². The monoisotopic (exact) mass is 386 g/mol. The molecule has 3 aromatic carbocycles. The first kappa shape index (κ1) is 18.7. The summed E-state index contributed by atoms with van der Waals surface area (Å²) in [6.45, 7) is 6.05. The van der Waals surface area contributed by atoms with Gasteiger partial charge in [-0.2, -0.15) is 0 Å². The Bertz CT molecular complexity index is 1220. The number of fused-ring (bicyclic) bond motifs is 1. The zero-order valence-electron chi connectivity index (χ0n) is 16.9. The number of methoxy groups -OCH3 is 1. The Morgan fingerprint density at radius 3 is 2.55 bits per heavy atom. The van der Waals surface area contributed by atoms with Gasteiger partial charge in [-0.25, -0.2) is 4.98 Å². The van der Waals surface area contributed by atoms with E-state index in [0.29, 0.717) is 34.0 Å². The Hall–Kier alpha value is -3.60. The highest BCUT2D eigenvalue weighted by atomic mass is 16.5. The second-order valence-corrected chi connectivity index (χ2v) is 7.11. The predicted molar refractivity (Wildman–Crippen MR) is 115 cm³/mol. The molecular weight excluding hydrogens is 364 g/mol. The Morgan fingerprint density at radius 2 is 1.79 bits per heavy atom. The van der Waals surface area contributed by atoms with Crippen molar-refractivity contribution in [1.29, 1.82) is 0 Å². The lowest BCUT2D eigenvalue weighted by atomic mass is 10.1. The van der Waals surface area contributed by atoms with Gasteiger partial charge in [-0.05, 0) is 73.9 Å². The lowest BCUT2D eigenvalue weighted by molar-refractivity contribution is 0.102. The molecule has 1 amide bonds. The van der Waals surface area contributed by atoms with Crippen molar-refractivity contribution < 1.29 is 13.9 Å². The van der Waals surface area contributed by atoms with Crippen LogP contribution in [0.2, 0.25) is 0 Å². The Balaban J connectivity index is 1.63. The van der Waals surface area contributed by atoms with Gasteiger partial charge in [0.2, 0.25) is 5.89 Å². The molecule has 0 saturated heterocycles. The fraction of sp³-hybridized carbons (Fsp3) is 0.167. The first-order chi connectivity index (χ1) is 14.0. The van der Waals surface area contributed by atoms with E-state index in [1.165, 1.54) is 11.1 Å². The van der Waals surface area contributed by atoms with E-state index in [1.54, 1.807) is 19.2 Å². The number of anilines is 1. The second kappa shape index (κ2) is 7.43. The molecule has 4 aromatic rings. The highest BCUT2D eigenvalue weighted by molar-refractivity contribution is 6.07. The molecule has 0 saturated carbocycles. The van der Waals surface area contributed by atoms with Gasteiger partial charge < -0.3 is 14.5 Å². The third kappa shape index (κ3) is 3.59. The lowest BCUT2D eigenvalue weighted by Gasteiger charge is -2.11. The molecule has 0 aliphatic heterocycles. The molecule has 0 atom stereocenters. The Labute approximate surface area is 169 Å². The molecule has 0 fully saturated rings. The first-order valence-corrected chi connectivity index (χ1v) is 9.39. The zero-order valence-corrected chi connectivity index (χ0v) is 16.9. The molecule has 1 heterocycles. The van der Waals surface area contributed by atoms with Crippen LogP contribution in [0.15, 0.2) is 59.0 Å². The smallest absolute Gasteiger partial charge is 0.259 e. The molecule has 0 spiro atoms. The summed E-state index contributed by atoms with van der Waals surface area (Å²) in [5, 5.41) is 2.92. The molecule has 0 aliphatic rings. The van der Waals surface area contributed by atoms with Crippen LogP contribution in [0.3, 0.4) is 0 Å². The maximum Gasteiger partial charge on any atom is 0.259 e. The van der Waals surface area contributed by atoms with Crippen LogP contribution < -0.4 is 10.1 Å². The van der Waals surface area contributed by atoms with E-state index in [2.05, 4.69) is 36.3 Å². The number of aryl methyl sites for hydroxylation is 3. The number of nitrogens with one attached hydrogen (secondary N) is 1. The lowest BCUT2D eigenvalue weighted by Crippen LogP contribution is -2.13.